The molecule has 1 atom stereocenters. The molecule has 297 valence electrons. The number of nitrogens with zero attached hydrogens (tertiary/aromatic N) is 2. The molecule has 4 heterocycles. The summed E-state index contributed by atoms with van der Waals surface area (Å²) in [5.74, 6) is 2.30. The summed E-state index contributed by atoms with van der Waals surface area (Å²) in [7, 11) is -1.33. The summed E-state index contributed by atoms with van der Waals surface area (Å²) < 4.78 is 26.4. The van der Waals surface area contributed by atoms with Crippen LogP contribution in [0.4, 0.5) is 4.39 Å². The van der Waals surface area contributed by atoms with Gasteiger partial charge in [-0.2, -0.15) is 0 Å². The first-order valence-corrected chi connectivity index (χ1v) is 24.1. The zero-order valence-electron chi connectivity index (χ0n) is 33.5. The van der Waals surface area contributed by atoms with Crippen LogP contribution in [-0.2, 0) is 26.5 Å². The van der Waals surface area contributed by atoms with Crippen molar-refractivity contribution in [2.45, 2.75) is 58.2 Å². The minimum Gasteiger partial charge on any atom is -0.501 e. The zero-order chi connectivity index (χ0) is 39.4. The van der Waals surface area contributed by atoms with Gasteiger partial charge in [-0.15, -0.1) is 30.3 Å². The van der Waals surface area contributed by atoms with Gasteiger partial charge in [-0.25, -0.2) is 4.39 Å². The molecule has 3 aliphatic rings. The van der Waals surface area contributed by atoms with E-state index in [9.17, 15) is 4.39 Å². The molecule has 1 radical (unpaired) electrons. The van der Waals surface area contributed by atoms with E-state index in [2.05, 4.69) is 85.3 Å². The van der Waals surface area contributed by atoms with Crippen molar-refractivity contribution in [3.63, 3.8) is 0 Å². The molecule has 0 spiro atoms. The van der Waals surface area contributed by atoms with E-state index in [1.54, 1.807) is 0 Å². The average molecular weight is 969 g/mol. The van der Waals surface area contributed by atoms with Crippen molar-refractivity contribution in [3.8, 4) is 33.6 Å². The molecule has 3 fully saturated rings. The first-order valence-electron chi connectivity index (χ1n) is 20.6. The Bertz CT molecular complexity index is 2930. The number of pyridine rings is 2. The van der Waals surface area contributed by atoms with Gasteiger partial charge in [0.05, 0.1) is 19.2 Å². The Balaban J connectivity index is 0.000000163. The molecule has 2 bridgehead atoms. The number of aromatic nitrogens is 2. The molecule has 7 heteroatoms. The van der Waals surface area contributed by atoms with E-state index < -0.39 is 8.07 Å². The second-order valence-electron chi connectivity index (χ2n) is 17.3. The third-order valence-electron chi connectivity index (χ3n) is 12.6. The molecule has 9 aromatic rings. The quantitative estimate of drug-likeness (QED) is 0.123. The van der Waals surface area contributed by atoms with Gasteiger partial charge in [0.1, 0.15) is 17.0 Å². The molecule has 0 amide bonds. The van der Waals surface area contributed by atoms with Crippen molar-refractivity contribution in [2.75, 3.05) is 0 Å². The van der Waals surface area contributed by atoms with E-state index >= 15 is 0 Å². The molecule has 3 saturated carbocycles. The third-order valence-corrected chi connectivity index (χ3v) is 14.6. The minimum atomic E-state index is -1.33. The van der Waals surface area contributed by atoms with E-state index in [4.69, 9.17) is 13.8 Å². The molecule has 0 N–H and O–H groups in total. The van der Waals surface area contributed by atoms with Gasteiger partial charge in [0, 0.05) is 49.3 Å². The Labute approximate surface area is 359 Å². The summed E-state index contributed by atoms with van der Waals surface area (Å²) >= 11 is 0. The fraction of sp³-hybridized carbons (Fsp3) is 0.231. The Hall–Kier alpha value is -5.20. The van der Waals surface area contributed by atoms with Gasteiger partial charge in [0.15, 0.2) is 0 Å². The van der Waals surface area contributed by atoms with Gasteiger partial charge in [0.2, 0.25) is 0 Å². The van der Waals surface area contributed by atoms with E-state index in [0.717, 1.165) is 90.5 Å². The maximum absolute atomic E-state index is 14.1. The predicted molar refractivity (Wildman–Crippen MR) is 237 cm³/mol. The largest absolute Gasteiger partial charge is 0.501 e. The molecule has 0 aliphatic heterocycles. The van der Waals surface area contributed by atoms with Crippen LogP contribution in [0.1, 0.15) is 37.7 Å². The van der Waals surface area contributed by atoms with Crippen LogP contribution in [-0.4, -0.2) is 18.0 Å². The molecule has 4 nitrogen and oxygen atoms in total. The number of fused-ring (bicyclic) bond motifs is 9. The molecular weight excluding hydrogens is 924 g/mol. The first kappa shape index (κ1) is 39.3. The average Bonchev–Trinajstić information content (AvgIpc) is 3.83. The van der Waals surface area contributed by atoms with Crippen molar-refractivity contribution in [3.05, 3.63) is 151 Å². The van der Waals surface area contributed by atoms with Gasteiger partial charge in [0.25, 0.3) is 0 Å². The van der Waals surface area contributed by atoms with Gasteiger partial charge in [-0.3, -0.25) is 0 Å². The third kappa shape index (κ3) is 7.61. The van der Waals surface area contributed by atoms with E-state index in [0.29, 0.717) is 11.2 Å². The molecule has 5 aromatic carbocycles. The Morgan fingerprint density at radius 2 is 1.49 bits per heavy atom. The second kappa shape index (κ2) is 16.1. The number of para-hydroxylation sites is 1. The van der Waals surface area contributed by atoms with Crippen LogP contribution in [0.25, 0.3) is 77.5 Å². The summed E-state index contributed by atoms with van der Waals surface area (Å²) in [5.41, 5.74) is 10.0. The number of benzene rings is 5. The maximum Gasteiger partial charge on any atom is 0.126 e. The normalized spacial score (nSPS) is 17.6. The van der Waals surface area contributed by atoms with E-state index in [1.165, 1.54) is 55.0 Å². The Kier molecular flexibility index (Phi) is 10.7. The number of halogens is 1. The number of furan rings is 2. The maximum atomic E-state index is 14.1. The van der Waals surface area contributed by atoms with Crippen LogP contribution in [0, 0.1) is 35.7 Å². The summed E-state index contributed by atoms with van der Waals surface area (Å²) in [4.78, 5) is 9.40. The van der Waals surface area contributed by atoms with Crippen molar-refractivity contribution in [1.82, 2.24) is 9.97 Å². The first-order chi connectivity index (χ1) is 28.3. The van der Waals surface area contributed by atoms with Crippen LogP contribution < -0.4 is 5.19 Å². The monoisotopic (exact) mass is 969 g/mol. The van der Waals surface area contributed by atoms with Gasteiger partial charge >= 0.3 is 0 Å². The van der Waals surface area contributed by atoms with Gasteiger partial charge < -0.3 is 18.8 Å². The van der Waals surface area contributed by atoms with E-state index in [1.807, 2.05) is 67.0 Å². The van der Waals surface area contributed by atoms with Crippen molar-refractivity contribution < 1.29 is 33.3 Å². The van der Waals surface area contributed by atoms with Crippen molar-refractivity contribution >= 4 is 57.1 Å². The fourth-order valence-electron chi connectivity index (χ4n) is 9.50. The smallest absolute Gasteiger partial charge is 0.126 e. The number of hydrogen-bond donors (Lipinski definition) is 0. The number of hydrogen-bond acceptors (Lipinski definition) is 4. The molecule has 3 aliphatic carbocycles. The molecular formula is C52H45FIrN2O2Si-2. The minimum absolute atomic E-state index is 0. The van der Waals surface area contributed by atoms with Gasteiger partial charge in [-0.05, 0) is 89.7 Å². The molecule has 59 heavy (non-hydrogen) atoms. The summed E-state index contributed by atoms with van der Waals surface area (Å²) in [6.07, 6.45) is 12.1. The summed E-state index contributed by atoms with van der Waals surface area (Å²) in [6.45, 7) is 6.99. The van der Waals surface area contributed by atoms with Crippen LogP contribution in [0.2, 0.25) is 19.6 Å². The van der Waals surface area contributed by atoms with Gasteiger partial charge in [-0.1, -0.05) is 132 Å². The molecule has 1 unspecified atom stereocenters. The molecule has 0 saturated heterocycles. The Morgan fingerprint density at radius 3 is 2.25 bits per heavy atom. The topological polar surface area (TPSA) is 52.1 Å². The number of rotatable bonds is 6. The summed E-state index contributed by atoms with van der Waals surface area (Å²) in [5, 5.41) is 5.50. The van der Waals surface area contributed by atoms with Crippen LogP contribution in [0.3, 0.4) is 0 Å². The molecule has 4 aromatic heterocycles. The molecule has 12 rings (SSSR count). The summed E-state index contributed by atoms with van der Waals surface area (Å²) in [6, 6.07) is 44.6. The van der Waals surface area contributed by atoms with E-state index in [-0.39, 0.29) is 25.9 Å². The standard InChI is InChI=1S/C32H27FNO.C20H18NOSi.Ir/c33-25-10-11-28-30(19-25)35-32-27(13-12-26(31(28)32)23-4-2-1-3-5-23)29-18-21(14-15-34-29)17-24-16-20-6-8-22(24)9-7-20;1-23(2,3)14-11-12-18(21-13-14)17-9-6-8-16-15-7-4-5-10-19(15)22-20(16)17;/h1-5,10-12,14-15,18-20,22,24H,6-9,16-17H2;4-8,10-13H,1-3H3;/q2*-1;. The SMILES string of the molecule is C[Si](C)(C)c1ccc(-c2[c-]ccc3c2oc2ccccc23)nc1.Fc1ccc2c(c1)oc1c(-c3cc(CC4CC5CCC4CC5)ccn3)[c-]cc(-c3ccccc3)c12.[Ir]. The zero-order valence-corrected chi connectivity index (χ0v) is 36.9. The van der Waals surface area contributed by atoms with Crippen LogP contribution in [0.15, 0.2) is 136 Å². The van der Waals surface area contributed by atoms with Crippen LogP contribution >= 0.6 is 0 Å². The van der Waals surface area contributed by atoms with Crippen molar-refractivity contribution in [1.29, 1.82) is 0 Å². The Morgan fingerprint density at radius 1 is 0.712 bits per heavy atom. The van der Waals surface area contributed by atoms with Crippen LogP contribution in [0.5, 0.6) is 0 Å². The second-order valence-corrected chi connectivity index (χ2v) is 22.4. The van der Waals surface area contributed by atoms with Crippen molar-refractivity contribution in [2.24, 2.45) is 17.8 Å². The predicted octanol–water partition coefficient (Wildman–Crippen LogP) is 13.6. The fourth-order valence-corrected chi connectivity index (χ4v) is 10.5.